The van der Waals surface area contributed by atoms with Crippen molar-refractivity contribution in [1.82, 2.24) is 4.98 Å². The lowest BCUT2D eigenvalue weighted by Gasteiger charge is -2.06. The molecule has 0 aliphatic rings. The van der Waals surface area contributed by atoms with Crippen molar-refractivity contribution in [2.24, 2.45) is 5.92 Å². The molecular formula is C13H18N2O5S. The monoisotopic (exact) mass is 314 g/mol. The van der Waals surface area contributed by atoms with Gasteiger partial charge >= 0.3 is 11.9 Å². The number of hydrogen-bond donors (Lipinski definition) is 1. The summed E-state index contributed by atoms with van der Waals surface area (Å²) in [6.45, 7) is 5.05. The van der Waals surface area contributed by atoms with Crippen molar-refractivity contribution >= 4 is 34.3 Å². The molecule has 0 atom stereocenters. The first-order valence-corrected chi connectivity index (χ1v) is 7.36. The minimum absolute atomic E-state index is 0.0581. The summed E-state index contributed by atoms with van der Waals surface area (Å²) in [4.78, 5) is 38.1. The summed E-state index contributed by atoms with van der Waals surface area (Å²) < 4.78 is 9.60. The van der Waals surface area contributed by atoms with Gasteiger partial charge in [-0.3, -0.25) is 19.7 Å². The van der Waals surface area contributed by atoms with E-state index < -0.39 is 11.9 Å². The highest BCUT2D eigenvalue weighted by Gasteiger charge is 2.13. The summed E-state index contributed by atoms with van der Waals surface area (Å²) in [5.74, 6) is -1.56. The van der Waals surface area contributed by atoms with E-state index >= 15 is 0 Å². The van der Waals surface area contributed by atoms with E-state index in [1.54, 1.807) is 26.2 Å². The van der Waals surface area contributed by atoms with Gasteiger partial charge in [-0.15, -0.1) is 11.3 Å². The van der Waals surface area contributed by atoms with Gasteiger partial charge in [0.1, 0.15) is 0 Å². The van der Waals surface area contributed by atoms with Crippen LogP contribution in [0.1, 0.15) is 26.5 Å². The van der Waals surface area contributed by atoms with Crippen LogP contribution >= 0.6 is 11.3 Å². The molecule has 0 radical (unpaired) electrons. The van der Waals surface area contributed by atoms with Gasteiger partial charge in [0.15, 0.2) is 11.7 Å². The number of thiazole rings is 1. The zero-order valence-electron chi connectivity index (χ0n) is 12.2. The minimum Gasteiger partial charge on any atom is -0.466 e. The average molecular weight is 314 g/mol. The maximum atomic E-state index is 11.6. The van der Waals surface area contributed by atoms with E-state index in [0.717, 1.165) is 0 Å². The van der Waals surface area contributed by atoms with E-state index in [-0.39, 0.29) is 24.9 Å². The molecule has 21 heavy (non-hydrogen) atoms. The largest absolute Gasteiger partial charge is 0.466 e. The standard InChI is InChI=1S/C13H18N2O5S/c1-4-19-11(17)5-9-7-21-13(14-9)15-10(16)6-20-12(18)8(2)3/h7-8H,4-6H2,1-3H3,(H,14,15,16). The second-order valence-corrected chi connectivity index (χ2v) is 5.29. The number of amides is 1. The first-order valence-electron chi connectivity index (χ1n) is 6.48. The number of rotatable bonds is 7. The summed E-state index contributed by atoms with van der Waals surface area (Å²) in [7, 11) is 0. The van der Waals surface area contributed by atoms with Crippen LogP contribution in [0.25, 0.3) is 0 Å². The lowest BCUT2D eigenvalue weighted by atomic mass is 10.2. The Hall–Kier alpha value is -1.96. The third-order valence-electron chi connectivity index (χ3n) is 2.25. The molecule has 0 fully saturated rings. The number of anilines is 1. The van der Waals surface area contributed by atoms with Gasteiger partial charge in [-0.2, -0.15) is 0 Å². The minimum atomic E-state index is -0.471. The zero-order chi connectivity index (χ0) is 15.8. The molecule has 0 unspecified atom stereocenters. The molecule has 0 saturated heterocycles. The van der Waals surface area contributed by atoms with Gasteiger partial charge in [0.05, 0.1) is 24.6 Å². The second kappa shape index (κ2) is 8.35. The Bertz CT molecular complexity index is 512. The molecular weight excluding hydrogens is 296 g/mol. The van der Waals surface area contributed by atoms with Gasteiger partial charge < -0.3 is 9.47 Å². The van der Waals surface area contributed by atoms with E-state index in [0.29, 0.717) is 17.4 Å². The molecule has 0 spiro atoms. The summed E-state index contributed by atoms with van der Waals surface area (Å²) in [6, 6.07) is 0. The molecule has 0 aliphatic heterocycles. The molecule has 8 heteroatoms. The van der Waals surface area contributed by atoms with Gasteiger partial charge in [0.25, 0.3) is 5.91 Å². The van der Waals surface area contributed by atoms with E-state index in [2.05, 4.69) is 10.3 Å². The molecule has 0 saturated carbocycles. The van der Waals surface area contributed by atoms with Crippen LogP contribution in [0.4, 0.5) is 5.13 Å². The Kier molecular flexibility index (Phi) is 6.80. The van der Waals surface area contributed by atoms with Crippen LogP contribution < -0.4 is 5.32 Å². The maximum absolute atomic E-state index is 11.6. The van der Waals surface area contributed by atoms with E-state index in [9.17, 15) is 14.4 Å². The number of carbonyl (C=O) groups excluding carboxylic acids is 3. The molecule has 1 amide bonds. The zero-order valence-corrected chi connectivity index (χ0v) is 13.0. The van der Waals surface area contributed by atoms with Crippen molar-refractivity contribution in [1.29, 1.82) is 0 Å². The Morgan fingerprint density at radius 3 is 2.67 bits per heavy atom. The van der Waals surface area contributed by atoms with E-state index in [1.165, 1.54) is 11.3 Å². The number of nitrogens with one attached hydrogen (secondary N) is 1. The van der Waals surface area contributed by atoms with Crippen molar-refractivity contribution in [3.63, 3.8) is 0 Å². The second-order valence-electron chi connectivity index (χ2n) is 4.44. The molecule has 116 valence electrons. The molecule has 0 bridgehead atoms. The number of ether oxygens (including phenoxy) is 2. The average Bonchev–Trinajstić information content (AvgIpc) is 2.83. The fourth-order valence-electron chi connectivity index (χ4n) is 1.26. The van der Waals surface area contributed by atoms with Crippen molar-refractivity contribution in [3.05, 3.63) is 11.1 Å². The van der Waals surface area contributed by atoms with E-state index in [4.69, 9.17) is 9.47 Å². The number of hydrogen-bond acceptors (Lipinski definition) is 7. The number of nitrogens with zero attached hydrogens (tertiary/aromatic N) is 1. The van der Waals surface area contributed by atoms with Gasteiger partial charge in [0, 0.05) is 5.38 Å². The first kappa shape index (κ1) is 17.1. The molecule has 1 aromatic heterocycles. The van der Waals surface area contributed by atoms with Crippen LogP contribution in [-0.2, 0) is 30.3 Å². The summed E-state index contributed by atoms with van der Waals surface area (Å²) in [6.07, 6.45) is 0.0581. The fourth-order valence-corrected chi connectivity index (χ4v) is 1.99. The molecule has 0 aliphatic carbocycles. The third-order valence-corrected chi connectivity index (χ3v) is 3.05. The van der Waals surface area contributed by atoms with Gasteiger partial charge in [-0.1, -0.05) is 13.8 Å². The van der Waals surface area contributed by atoms with Crippen LogP contribution in [0, 0.1) is 5.92 Å². The van der Waals surface area contributed by atoms with Crippen LogP contribution in [-0.4, -0.2) is 36.0 Å². The first-order chi connectivity index (χ1) is 9.92. The van der Waals surface area contributed by atoms with Crippen LogP contribution in [0.2, 0.25) is 0 Å². The topological polar surface area (TPSA) is 94.6 Å². The highest BCUT2D eigenvalue weighted by atomic mass is 32.1. The Balaban J connectivity index is 2.41. The quantitative estimate of drug-likeness (QED) is 0.764. The van der Waals surface area contributed by atoms with Crippen molar-refractivity contribution in [2.75, 3.05) is 18.5 Å². The Labute approximate surface area is 126 Å². The molecule has 1 rings (SSSR count). The predicted octanol–water partition coefficient (Wildman–Crippen LogP) is 1.39. The van der Waals surface area contributed by atoms with Gasteiger partial charge in [-0.25, -0.2) is 4.98 Å². The molecule has 0 aromatic carbocycles. The van der Waals surface area contributed by atoms with Gasteiger partial charge in [0.2, 0.25) is 0 Å². The number of carbonyl (C=O) groups is 3. The smallest absolute Gasteiger partial charge is 0.311 e. The lowest BCUT2D eigenvalue weighted by Crippen LogP contribution is -2.22. The molecule has 1 heterocycles. The summed E-state index contributed by atoms with van der Waals surface area (Å²) >= 11 is 1.19. The molecule has 7 nitrogen and oxygen atoms in total. The predicted molar refractivity (Wildman–Crippen MR) is 76.9 cm³/mol. The SMILES string of the molecule is CCOC(=O)Cc1csc(NC(=O)COC(=O)C(C)C)n1. The van der Waals surface area contributed by atoms with Crippen molar-refractivity contribution in [2.45, 2.75) is 27.2 Å². The molecule has 1 N–H and O–H groups in total. The normalized spacial score (nSPS) is 10.3. The van der Waals surface area contributed by atoms with Crippen LogP contribution in [0.3, 0.4) is 0 Å². The highest BCUT2D eigenvalue weighted by molar-refractivity contribution is 7.13. The third kappa shape index (κ3) is 6.35. The number of esters is 2. The summed E-state index contributed by atoms with van der Waals surface area (Å²) in [5.41, 5.74) is 0.521. The number of aromatic nitrogens is 1. The Morgan fingerprint density at radius 2 is 2.05 bits per heavy atom. The van der Waals surface area contributed by atoms with Gasteiger partial charge in [-0.05, 0) is 6.92 Å². The Morgan fingerprint density at radius 1 is 1.33 bits per heavy atom. The van der Waals surface area contributed by atoms with E-state index in [1.807, 2.05) is 0 Å². The molecule has 1 aromatic rings. The summed E-state index contributed by atoms with van der Waals surface area (Å²) in [5, 5.41) is 4.51. The van der Waals surface area contributed by atoms with Crippen molar-refractivity contribution < 1.29 is 23.9 Å². The lowest BCUT2D eigenvalue weighted by molar-refractivity contribution is -0.150. The maximum Gasteiger partial charge on any atom is 0.311 e. The fraction of sp³-hybridized carbons (Fsp3) is 0.538. The van der Waals surface area contributed by atoms with Crippen molar-refractivity contribution in [3.8, 4) is 0 Å². The van der Waals surface area contributed by atoms with Crippen LogP contribution in [0.15, 0.2) is 5.38 Å². The van der Waals surface area contributed by atoms with Crippen LogP contribution in [0.5, 0.6) is 0 Å². The highest BCUT2D eigenvalue weighted by Crippen LogP contribution is 2.16.